The number of ether oxygens (including phenoxy) is 1. The van der Waals surface area contributed by atoms with E-state index in [2.05, 4.69) is 15.4 Å². The van der Waals surface area contributed by atoms with Gasteiger partial charge in [-0.2, -0.15) is 0 Å². The second-order valence-corrected chi connectivity index (χ2v) is 5.48. The van der Waals surface area contributed by atoms with Crippen LogP contribution >= 0.6 is 11.8 Å². The Morgan fingerprint density at radius 3 is 2.67 bits per heavy atom. The molecule has 0 aliphatic carbocycles. The lowest BCUT2D eigenvalue weighted by Crippen LogP contribution is -2.26. The number of nitrogens with one attached hydrogen (secondary N) is 2. The summed E-state index contributed by atoms with van der Waals surface area (Å²) in [6, 6.07) is 9.96. The van der Waals surface area contributed by atoms with Gasteiger partial charge in [0.1, 0.15) is 0 Å². The standard InChI is InChI=1S/C15H22N2O3S/c1-20-15(19)12-21-11-8-14(18)17-10-5-9-16-13-6-3-2-4-7-13/h2-4,6-7,16H,5,8-12H2,1H3,(H,17,18). The first-order valence-electron chi connectivity index (χ1n) is 6.92. The molecule has 0 aliphatic rings. The summed E-state index contributed by atoms with van der Waals surface area (Å²) in [6.45, 7) is 1.47. The zero-order chi connectivity index (χ0) is 15.3. The minimum Gasteiger partial charge on any atom is -0.468 e. The van der Waals surface area contributed by atoms with E-state index in [1.807, 2.05) is 30.3 Å². The highest BCUT2D eigenvalue weighted by atomic mass is 32.2. The molecule has 0 aliphatic heterocycles. The molecule has 1 aromatic carbocycles. The number of para-hydroxylation sites is 1. The molecule has 0 bridgehead atoms. The monoisotopic (exact) mass is 310 g/mol. The Morgan fingerprint density at radius 2 is 1.95 bits per heavy atom. The molecule has 6 heteroatoms. The maximum Gasteiger partial charge on any atom is 0.315 e. The fourth-order valence-corrected chi connectivity index (χ4v) is 2.33. The van der Waals surface area contributed by atoms with Gasteiger partial charge in [-0.05, 0) is 18.6 Å². The minimum atomic E-state index is -0.257. The van der Waals surface area contributed by atoms with E-state index in [-0.39, 0.29) is 11.9 Å². The van der Waals surface area contributed by atoms with Gasteiger partial charge in [0.15, 0.2) is 0 Å². The number of benzene rings is 1. The van der Waals surface area contributed by atoms with Crippen LogP contribution in [0, 0.1) is 0 Å². The number of hydrogen-bond donors (Lipinski definition) is 2. The Labute approximate surface area is 129 Å². The highest BCUT2D eigenvalue weighted by Crippen LogP contribution is 2.04. The molecule has 1 aromatic rings. The average Bonchev–Trinajstić information content (AvgIpc) is 2.52. The van der Waals surface area contributed by atoms with Crippen molar-refractivity contribution >= 4 is 29.3 Å². The minimum absolute atomic E-state index is 0.0204. The molecule has 0 atom stereocenters. The van der Waals surface area contributed by atoms with Crippen LogP contribution in [0.2, 0.25) is 0 Å². The number of thioether (sulfide) groups is 1. The van der Waals surface area contributed by atoms with Crippen LogP contribution in [0.1, 0.15) is 12.8 Å². The molecule has 0 heterocycles. The van der Waals surface area contributed by atoms with Crippen molar-refractivity contribution in [3.8, 4) is 0 Å². The number of carbonyl (C=O) groups is 2. The lowest BCUT2D eigenvalue weighted by molar-refractivity contribution is -0.137. The van der Waals surface area contributed by atoms with Gasteiger partial charge in [-0.3, -0.25) is 9.59 Å². The number of amides is 1. The van der Waals surface area contributed by atoms with E-state index in [0.29, 0.717) is 24.5 Å². The summed E-state index contributed by atoms with van der Waals surface area (Å²) in [5, 5.41) is 6.15. The highest BCUT2D eigenvalue weighted by molar-refractivity contribution is 7.99. The molecule has 0 radical (unpaired) electrons. The molecular weight excluding hydrogens is 288 g/mol. The Balaban J connectivity index is 1.95. The maximum absolute atomic E-state index is 11.5. The van der Waals surface area contributed by atoms with Gasteiger partial charge >= 0.3 is 5.97 Å². The summed E-state index contributed by atoms with van der Waals surface area (Å²) in [6.07, 6.45) is 1.30. The lowest BCUT2D eigenvalue weighted by atomic mass is 10.3. The largest absolute Gasteiger partial charge is 0.468 e. The summed E-state index contributed by atoms with van der Waals surface area (Å²) in [4.78, 5) is 22.4. The first-order chi connectivity index (χ1) is 10.2. The second kappa shape index (κ2) is 11.0. The molecular formula is C15H22N2O3S. The number of anilines is 1. The third-order valence-corrected chi connectivity index (χ3v) is 3.63. The molecule has 0 fully saturated rings. The SMILES string of the molecule is COC(=O)CSCCC(=O)NCCCNc1ccccc1. The van der Waals surface area contributed by atoms with Crippen molar-refractivity contribution in [2.24, 2.45) is 0 Å². The quantitative estimate of drug-likeness (QED) is 0.510. The van der Waals surface area contributed by atoms with Crippen LogP contribution < -0.4 is 10.6 Å². The first kappa shape index (κ1) is 17.4. The fourth-order valence-electron chi connectivity index (χ4n) is 1.57. The molecule has 1 amide bonds. The van der Waals surface area contributed by atoms with E-state index < -0.39 is 0 Å². The molecule has 0 spiro atoms. The summed E-state index contributed by atoms with van der Waals surface area (Å²) in [7, 11) is 1.36. The number of hydrogen-bond acceptors (Lipinski definition) is 5. The Bertz CT molecular complexity index is 426. The molecule has 0 saturated heterocycles. The van der Waals surface area contributed by atoms with Crippen LogP contribution in [-0.4, -0.2) is 43.6 Å². The Kier molecular flexibility index (Phi) is 9.11. The van der Waals surface area contributed by atoms with Crippen molar-refractivity contribution in [1.29, 1.82) is 0 Å². The zero-order valence-electron chi connectivity index (χ0n) is 12.3. The fraction of sp³-hybridized carbons (Fsp3) is 0.467. The third kappa shape index (κ3) is 8.96. The average molecular weight is 310 g/mol. The molecule has 5 nitrogen and oxygen atoms in total. The van der Waals surface area contributed by atoms with Crippen LogP contribution in [0.5, 0.6) is 0 Å². The van der Waals surface area contributed by atoms with Gasteiger partial charge in [-0.25, -0.2) is 0 Å². The number of carbonyl (C=O) groups excluding carboxylic acids is 2. The molecule has 116 valence electrons. The van der Waals surface area contributed by atoms with Crippen molar-refractivity contribution in [2.45, 2.75) is 12.8 Å². The van der Waals surface area contributed by atoms with Gasteiger partial charge in [0.2, 0.25) is 5.91 Å². The predicted octanol–water partition coefficient (Wildman–Crippen LogP) is 1.90. The van der Waals surface area contributed by atoms with Gasteiger partial charge in [0.25, 0.3) is 0 Å². The Morgan fingerprint density at radius 1 is 1.19 bits per heavy atom. The van der Waals surface area contributed by atoms with Crippen LogP contribution in [0.3, 0.4) is 0 Å². The zero-order valence-corrected chi connectivity index (χ0v) is 13.1. The van der Waals surface area contributed by atoms with Crippen LogP contribution in [0.25, 0.3) is 0 Å². The van der Waals surface area contributed by atoms with E-state index in [1.54, 1.807) is 0 Å². The van der Waals surface area contributed by atoms with Crippen molar-refractivity contribution in [2.75, 3.05) is 37.0 Å². The topological polar surface area (TPSA) is 67.4 Å². The highest BCUT2D eigenvalue weighted by Gasteiger charge is 2.03. The van der Waals surface area contributed by atoms with E-state index in [1.165, 1.54) is 18.9 Å². The van der Waals surface area contributed by atoms with Gasteiger partial charge in [0.05, 0.1) is 12.9 Å². The van der Waals surface area contributed by atoms with Crippen LogP contribution in [-0.2, 0) is 14.3 Å². The first-order valence-corrected chi connectivity index (χ1v) is 8.08. The van der Waals surface area contributed by atoms with Gasteiger partial charge in [-0.1, -0.05) is 18.2 Å². The molecule has 0 unspecified atom stereocenters. The molecule has 0 aromatic heterocycles. The summed E-state index contributed by atoms with van der Waals surface area (Å²) in [5.41, 5.74) is 1.09. The van der Waals surface area contributed by atoms with Gasteiger partial charge in [0, 0.05) is 31.0 Å². The maximum atomic E-state index is 11.5. The smallest absolute Gasteiger partial charge is 0.315 e. The third-order valence-electron chi connectivity index (χ3n) is 2.70. The van der Waals surface area contributed by atoms with Crippen molar-refractivity contribution < 1.29 is 14.3 Å². The van der Waals surface area contributed by atoms with E-state index >= 15 is 0 Å². The van der Waals surface area contributed by atoms with Gasteiger partial charge in [-0.15, -0.1) is 11.8 Å². The van der Waals surface area contributed by atoms with Crippen LogP contribution in [0.15, 0.2) is 30.3 Å². The van der Waals surface area contributed by atoms with Crippen molar-refractivity contribution in [1.82, 2.24) is 5.32 Å². The number of esters is 1. The van der Waals surface area contributed by atoms with Gasteiger partial charge < -0.3 is 15.4 Å². The van der Waals surface area contributed by atoms with E-state index in [4.69, 9.17) is 0 Å². The van der Waals surface area contributed by atoms with Crippen molar-refractivity contribution in [3.63, 3.8) is 0 Å². The lowest BCUT2D eigenvalue weighted by Gasteiger charge is -2.07. The molecule has 0 saturated carbocycles. The number of rotatable bonds is 10. The second-order valence-electron chi connectivity index (χ2n) is 4.38. The van der Waals surface area contributed by atoms with E-state index in [9.17, 15) is 9.59 Å². The molecule has 1 rings (SSSR count). The number of methoxy groups -OCH3 is 1. The van der Waals surface area contributed by atoms with E-state index in [0.717, 1.165) is 18.7 Å². The summed E-state index contributed by atoms with van der Waals surface area (Å²) < 4.78 is 4.52. The Hall–Kier alpha value is -1.69. The molecule has 2 N–H and O–H groups in total. The normalized spacial score (nSPS) is 9.95. The van der Waals surface area contributed by atoms with Crippen molar-refractivity contribution in [3.05, 3.63) is 30.3 Å². The molecule has 21 heavy (non-hydrogen) atoms. The summed E-state index contributed by atoms with van der Waals surface area (Å²) in [5.74, 6) is 0.688. The predicted molar refractivity (Wildman–Crippen MR) is 86.5 cm³/mol. The summed E-state index contributed by atoms with van der Waals surface area (Å²) >= 11 is 1.41. The van der Waals surface area contributed by atoms with Crippen LogP contribution in [0.4, 0.5) is 5.69 Å².